The molecule has 0 aromatic rings. The van der Waals surface area contributed by atoms with E-state index in [0.717, 1.165) is 44.6 Å². The Bertz CT molecular complexity index is 374. The largest absolute Gasteiger partial charge is 0.329 e. The molecule has 0 bridgehead atoms. The lowest BCUT2D eigenvalue weighted by Crippen LogP contribution is -2.63. The predicted molar refractivity (Wildman–Crippen MR) is 72.5 cm³/mol. The molecule has 19 heavy (non-hydrogen) atoms. The van der Waals surface area contributed by atoms with Crippen LogP contribution in [0.5, 0.6) is 0 Å². The summed E-state index contributed by atoms with van der Waals surface area (Å²) in [5, 5.41) is 0. The lowest BCUT2D eigenvalue weighted by molar-refractivity contribution is -0.160. The van der Waals surface area contributed by atoms with Crippen molar-refractivity contribution < 1.29 is 9.59 Å². The highest BCUT2D eigenvalue weighted by Crippen LogP contribution is 2.31. The Hall–Kier alpha value is -1.06. The number of hydrogen-bond acceptors (Lipinski definition) is 2. The van der Waals surface area contributed by atoms with Gasteiger partial charge in [0, 0.05) is 12.6 Å². The number of piperidine rings is 1. The summed E-state index contributed by atoms with van der Waals surface area (Å²) in [6.45, 7) is 3.39. The van der Waals surface area contributed by atoms with Crippen molar-refractivity contribution in [3.8, 4) is 0 Å². The third-order valence-electron chi connectivity index (χ3n) is 5.12. The molecule has 0 N–H and O–H groups in total. The molecular weight excluding hydrogens is 240 g/mol. The molecule has 4 nitrogen and oxygen atoms in total. The molecule has 3 aliphatic rings. The highest BCUT2D eigenvalue weighted by Gasteiger charge is 2.43. The second-order valence-corrected chi connectivity index (χ2v) is 6.48. The number of nitrogens with zero attached hydrogens (tertiary/aromatic N) is 2. The van der Waals surface area contributed by atoms with Crippen molar-refractivity contribution in [2.75, 3.05) is 13.1 Å². The van der Waals surface area contributed by atoms with Gasteiger partial charge in [-0.1, -0.05) is 6.92 Å². The summed E-state index contributed by atoms with van der Waals surface area (Å²) < 4.78 is 0. The van der Waals surface area contributed by atoms with Crippen molar-refractivity contribution in [3.05, 3.63) is 0 Å². The molecule has 1 unspecified atom stereocenters. The zero-order chi connectivity index (χ0) is 13.4. The average Bonchev–Trinajstić information content (AvgIpc) is 2.44. The number of carbonyl (C=O) groups is 2. The van der Waals surface area contributed by atoms with Crippen molar-refractivity contribution in [2.24, 2.45) is 5.92 Å². The van der Waals surface area contributed by atoms with Crippen LogP contribution in [0.3, 0.4) is 0 Å². The number of amides is 2. The average molecular weight is 264 g/mol. The topological polar surface area (TPSA) is 40.6 Å². The molecule has 0 spiro atoms. The fraction of sp³-hybridized carbons (Fsp3) is 0.867. The van der Waals surface area contributed by atoms with Gasteiger partial charge in [0.2, 0.25) is 11.8 Å². The monoisotopic (exact) mass is 264 g/mol. The number of hydrogen-bond donors (Lipinski definition) is 0. The first kappa shape index (κ1) is 12.9. The summed E-state index contributed by atoms with van der Waals surface area (Å²) in [4.78, 5) is 28.6. The van der Waals surface area contributed by atoms with Gasteiger partial charge in [-0.15, -0.1) is 0 Å². The maximum absolute atomic E-state index is 12.6. The summed E-state index contributed by atoms with van der Waals surface area (Å²) in [7, 11) is 0. The summed E-state index contributed by atoms with van der Waals surface area (Å²) in [6.07, 6.45) is 7.53. The lowest BCUT2D eigenvalue weighted by Gasteiger charge is -2.46. The lowest BCUT2D eigenvalue weighted by atomic mass is 9.85. The molecule has 1 atom stereocenters. The van der Waals surface area contributed by atoms with E-state index in [1.54, 1.807) is 0 Å². The number of carbonyl (C=O) groups excluding carboxylic acids is 2. The zero-order valence-corrected chi connectivity index (χ0v) is 11.8. The Balaban J connectivity index is 1.72. The molecule has 2 aliphatic heterocycles. The van der Waals surface area contributed by atoms with Gasteiger partial charge in [-0.3, -0.25) is 9.59 Å². The molecule has 0 aromatic heterocycles. The predicted octanol–water partition coefficient (Wildman–Crippen LogP) is 1.79. The van der Waals surface area contributed by atoms with Gasteiger partial charge in [-0.2, -0.15) is 0 Å². The van der Waals surface area contributed by atoms with Crippen molar-refractivity contribution in [1.29, 1.82) is 0 Å². The number of fused-ring (bicyclic) bond motifs is 1. The normalized spacial score (nSPS) is 36.4. The standard InChI is InChI=1S/C15H24N2O2/c1-11-5-7-12(8-6-11)17-10-14(18)16-9-3-2-4-13(16)15(17)19/h11-13H,2-10H2,1H3. The van der Waals surface area contributed by atoms with Gasteiger partial charge in [0.15, 0.2) is 0 Å². The van der Waals surface area contributed by atoms with E-state index >= 15 is 0 Å². The molecule has 1 aliphatic carbocycles. The van der Waals surface area contributed by atoms with Crippen LogP contribution >= 0.6 is 0 Å². The molecule has 0 aromatic carbocycles. The van der Waals surface area contributed by atoms with Gasteiger partial charge in [0.05, 0.1) is 0 Å². The summed E-state index contributed by atoms with van der Waals surface area (Å²) >= 11 is 0. The molecule has 2 amide bonds. The number of rotatable bonds is 1. The van der Waals surface area contributed by atoms with E-state index in [0.29, 0.717) is 12.6 Å². The molecule has 2 heterocycles. The maximum Gasteiger partial charge on any atom is 0.246 e. The summed E-state index contributed by atoms with van der Waals surface area (Å²) in [5.74, 6) is 1.17. The molecule has 4 heteroatoms. The van der Waals surface area contributed by atoms with Gasteiger partial charge in [-0.05, 0) is 50.9 Å². The van der Waals surface area contributed by atoms with Crippen molar-refractivity contribution in [1.82, 2.24) is 9.80 Å². The first-order valence-corrected chi connectivity index (χ1v) is 7.77. The summed E-state index contributed by atoms with van der Waals surface area (Å²) in [6, 6.07) is 0.172. The highest BCUT2D eigenvalue weighted by molar-refractivity contribution is 5.95. The van der Waals surface area contributed by atoms with E-state index in [2.05, 4.69) is 6.92 Å². The van der Waals surface area contributed by atoms with Crippen molar-refractivity contribution in [2.45, 2.75) is 64.0 Å². The van der Waals surface area contributed by atoms with E-state index in [4.69, 9.17) is 0 Å². The van der Waals surface area contributed by atoms with E-state index in [1.165, 1.54) is 12.8 Å². The Kier molecular flexibility index (Phi) is 3.50. The smallest absolute Gasteiger partial charge is 0.246 e. The second kappa shape index (κ2) is 5.14. The van der Waals surface area contributed by atoms with Gasteiger partial charge in [-0.25, -0.2) is 0 Å². The Morgan fingerprint density at radius 3 is 2.42 bits per heavy atom. The maximum atomic E-state index is 12.6. The van der Waals surface area contributed by atoms with Crippen LogP contribution in [0.2, 0.25) is 0 Å². The second-order valence-electron chi connectivity index (χ2n) is 6.48. The van der Waals surface area contributed by atoms with Crippen LogP contribution in [0.15, 0.2) is 0 Å². The van der Waals surface area contributed by atoms with E-state index in [1.807, 2.05) is 9.80 Å². The van der Waals surface area contributed by atoms with E-state index in [9.17, 15) is 9.59 Å². The minimum Gasteiger partial charge on any atom is -0.329 e. The fourth-order valence-electron chi connectivity index (χ4n) is 3.86. The Morgan fingerprint density at radius 2 is 1.68 bits per heavy atom. The van der Waals surface area contributed by atoms with Gasteiger partial charge < -0.3 is 9.80 Å². The third-order valence-corrected chi connectivity index (χ3v) is 5.12. The molecule has 3 rings (SSSR count). The van der Waals surface area contributed by atoms with Crippen molar-refractivity contribution in [3.63, 3.8) is 0 Å². The van der Waals surface area contributed by atoms with Crippen LogP contribution in [0, 0.1) is 5.92 Å². The molecule has 0 radical (unpaired) electrons. The Labute approximate surface area is 115 Å². The zero-order valence-electron chi connectivity index (χ0n) is 11.8. The summed E-state index contributed by atoms with van der Waals surface area (Å²) in [5.41, 5.74) is 0. The Morgan fingerprint density at radius 1 is 0.947 bits per heavy atom. The van der Waals surface area contributed by atoms with Gasteiger partial charge >= 0.3 is 0 Å². The molecule has 1 saturated carbocycles. The van der Waals surface area contributed by atoms with Crippen molar-refractivity contribution >= 4 is 11.8 Å². The first-order valence-electron chi connectivity index (χ1n) is 7.77. The molecule has 3 fully saturated rings. The minimum atomic E-state index is -0.144. The van der Waals surface area contributed by atoms with Gasteiger partial charge in [0.25, 0.3) is 0 Å². The highest BCUT2D eigenvalue weighted by atomic mass is 16.2. The first-order chi connectivity index (χ1) is 9.16. The molecular formula is C15H24N2O2. The van der Waals surface area contributed by atoms with Crippen LogP contribution in [-0.2, 0) is 9.59 Å². The van der Waals surface area contributed by atoms with Crippen LogP contribution in [0.1, 0.15) is 51.9 Å². The van der Waals surface area contributed by atoms with Crippen LogP contribution < -0.4 is 0 Å². The molecule has 106 valence electrons. The van der Waals surface area contributed by atoms with E-state index in [-0.39, 0.29) is 17.9 Å². The minimum absolute atomic E-state index is 0.144. The van der Waals surface area contributed by atoms with Gasteiger partial charge in [0.1, 0.15) is 12.6 Å². The quantitative estimate of drug-likeness (QED) is 0.724. The van der Waals surface area contributed by atoms with Crippen LogP contribution in [0.25, 0.3) is 0 Å². The SMILES string of the molecule is CC1CCC(N2CC(=O)N3CCCCC3C2=O)CC1. The third kappa shape index (κ3) is 2.37. The van der Waals surface area contributed by atoms with E-state index < -0.39 is 0 Å². The molecule has 2 saturated heterocycles. The van der Waals surface area contributed by atoms with Crippen LogP contribution in [0.4, 0.5) is 0 Å². The number of piperazine rings is 1. The fourth-order valence-corrected chi connectivity index (χ4v) is 3.86. The van der Waals surface area contributed by atoms with Crippen LogP contribution in [-0.4, -0.2) is 46.8 Å².